The molecule has 0 aliphatic heterocycles. The predicted molar refractivity (Wildman–Crippen MR) is 69.4 cm³/mol. The lowest BCUT2D eigenvalue weighted by Crippen LogP contribution is -1.89. The van der Waals surface area contributed by atoms with Crippen LogP contribution in [0.2, 0.25) is 0 Å². The number of ether oxygens (including phenoxy) is 1. The lowest BCUT2D eigenvalue weighted by Gasteiger charge is -2.06. The molecule has 1 aromatic carbocycles. The number of carbonyl (C=O) groups excluding carboxylic acids is 1. The van der Waals surface area contributed by atoms with E-state index in [-0.39, 0.29) is 0 Å². The van der Waals surface area contributed by atoms with Gasteiger partial charge in [0.2, 0.25) is 0 Å². The summed E-state index contributed by atoms with van der Waals surface area (Å²) in [6.07, 6.45) is 0.851. The van der Waals surface area contributed by atoms with Crippen LogP contribution in [0.3, 0.4) is 0 Å². The van der Waals surface area contributed by atoms with Crippen molar-refractivity contribution in [2.45, 2.75) is 0 Å². The van der Waals surface area contributed by atoms with Crippen molar-refractivity contribution in [1.82, 2.24) is 0 Å². The third kappa shape index (κ3) is 2.03. The van der Waals surface area contributed by atoms with E-state index in [1.807, 2.05) is 23.6 Å². The number of aldehydes is 1. The molecule has 1 heterocycles. The summed E-state index contributed by atoms with van der Waals surface area (Å²) in [6, 6.07) is 7.47. The Morgan fingerprint density at radius 2 is 2.19 bits per heavy atom. The second-order valence-electron chi connectivity index (χ2n) is 3.17. The van der Waals surface area contributed by atoms with Crippen LogP contribution in [0.25, 0.3) is 10.4 Å². The Morgan fingerprint density at radius 1 is 1.38 bits per heavy atom. The number of methoxy groups -OCH3 is 1. The van der Waals surface area contributed by atoms with Gasteiger partial charge in [-0.05, 0) is 45.6 Å². The molecule has 0 spiro atoms. The standard InChI is InChI=1S/C12H9BrO2S/c1-15-9-2-3-10(8(6-9)7-14)12-11(13)4-5-16-12/h2-7H,1H3. The van der Waals surface area contributed by atoms with Gasteiger partial charge >= 0.3 is 0 Å². The number of halogens is 1. The third-order valence-corrected chi connectivity index (χ3v) is 4.12. The minimum absolute atomic E-state index is 0.641. The Bertz CT molecular complexity index is 519. The van der Waals surface area contributed by atoms with Gasteiger partial charge in [-0.1, -0.05) is 0 Å². The van der Waals surface area contributed by atoms with Crippen LogP contribution in [-0.4, -0.2) is 13.4 Å². The molecule has 0 unspecified atom stereocenters. The molecule has 0 saturated carbocycles. The van der Waals surface area contributed by atoms with E-state index in [9.17, 15) is 4.79 Å². The fraction of sp³-hybridized carbons (Fsp3) is 0.0833. The second-order valence-corrected chi connectivity index (χ2v) is 4.94. The Labute approximate surface area is 106 Å². The Kier molecular flexibility index (Phi) is 3.41. The normalized spacial score (nSPS) is 10.1. The van der Waals surface area contributed by atoms with Crippen molar-refractivity contribution in [2.24, 2.45) is 0 Å². The molecule has 0 bridgehead atoms. The van der Waals surface area contributed by atoms with Gasteiger partial charge in [-0.2, -0.15) is 0 Å². The van der Waals surface area contributed by atoms with Gasteiger partial charge in [0.05, 0.1) is 7.11 Å². The molecule has 4 heteroatoms. The lowest BCUT2D eigenvalue weighted by molar-refractivity contribution is 0.112. The maximum atomic E-state index is 11.0. The van der Waals surface area contributed by atoms with E-state index in [0.29, 0.717) is 11.3 Å². The summed E-state index contributed by atoms with van der Waals surface area (Å²) in [5.41, 5.74) is 1.57. The van der Waals surface area contributed by atoms with Crippen LogP contribution in [-0.2, 0) is 0 Å². The number of thiophene rings is 1. The highest BCUT2D eigenvalue weighted by Crippen LogP contribution is 2.36. The molecule has 2 rings (SSSR count). The van der Waals surface area contributed by atoms with Crippen molar-refractivity contribution in [3.63, 3.8) is 0 Å². The van der Waals surface area contributed by atoms with E-state index in [2.05, 4.69) is 15.9 Å². The van der Waals surface area contributed by atoms with Crippen LogP contribution in [0, 0.1) is 0 Å². The summed E-state index contributed by atoms with van der Waals surface area (Å²) in [7, 11) is 1.59. The fourth-order valence-electron chi connectivity index (χ4n) is 1.46. The highest BCUT2D eigenvalue weighted by molar-refractivity contribution is 9.10. The van der Waals surface area contributed by atoms with Gasteiger partial charge in [-0.25, -0.2) is 0 Å². The summed E-state index contributed by atoms with van der Waals surface area (Å²) in [4.78, 5) is 12.1. The molecule has 2 nitrogen and oxygen atoms in total. The maximum absolute atomic E-state index is 11.0. The SMILES string of the molecule is COc1ccc(-c2sccc2Br)c(C=O)c1. The minimum Gasteiger partial charge on any atom is -0.497 e. The van der Waals surface area contributed by atoms with Crippen LogP contribution in [0.4, 0.5) is 0 Å². The van der Waals surface area contributed by atoms with Crippen molar-refractivity contribution >= 4 is 33.6 Å². The lowest BCUT2D eigenvalue weighted by atomic mass is 10.1. The minimum atomic E-state index is 0.641. The number of hydrogen-bond acceptors (Lipinski definition) is 3. The molecule has 0 aliphatic carbocycles. The van der Waals surface area contributed by atoms with E-state index in [1.165, 1.54) is 0 Å². The number of carbonyl (C=O) groups is 1. The summed E-state index contributed by atoms with van der Waals surface area (Å²) in [5, 5.41) is 1.98. The number of benzene rings is 1. The van der Waals surface area contributed by atoms with E-state index in [0.717, 1.165) is 21.2 Å². The molecule has 82 valence electrons. The molecule has 1 aromatic heterocycles. The average Bonchev–Trinajstić information content (AvgIpc) is 2.74. The third-order valence-electron chi connectivity index (χ3n) is 2.25. The molecule has 2 aromatic rings. The van der Waals surface area contributed by atoms with Crippen molar-refractivity contribution in [1.29, 1.82) is 0 Å². The summed E-state index contributed by atoms with van der Waals surface area (Å²) >= 11 is 5.06. The topological polar surface area (TPSA) is 26.3 Å². The molecule has 0 amide bonds. The van der Waals surface area contributed by atoms with Crippen LogP contribution in [0.5, 0.6) is 5.75 Å². The van der Waals surface area contributed by atoms with Gasteiger partial charge in [-0.15, -0.1) is 11.3 Å². The second kappa shape index (κ2) is 4.80. The van der Waals surface area contributed by atoms with Crippen molar-refractivity contribution in [2.75, 3.05) is 7.11 Å². The summed E-state index contributed by atoms with van der Waals surface area (Å²) in [6.45, 7) is 0. The molecule has 0 aliphatic rings. The highest BCUT2D eigenvalue weighted by Gasteiger charge is 2.10. The van der Waals surface area contributed by atoms with E-state index >= 15 is 0 Å². The predicted octanol–water partition coefficient (Wildman–Crippen LogP) is 4.00. The maximum Gasteiger partial charge on any atom is 0.150 e. The zero-order chi connectivity index (χ0) is 11.5. The quantitative estimate of drug-likeness (QED) is 0.800. The molecular formula is C12H9BrO2S. The summed E-state index contributed by atoms with van der Waals surface area (Å²) in [5.74, 6) is 0.693. The number of rotatable bonds is 3. The van der Waals surface area contributed by atoms with E-state index in [4.69, 9.17) is 4.74 Å². The van der Waals surface area contributed by atoms with Crippen LogP contribution in [0.15, 0.2) is 34.1 Å². The van der Waals surface area contributed by atoms with Gasteiger partial charge in [0.25, 0.3) is 0 Å². The fourth-order valence-corrected chi connectivity index (χ4v) is 3.09. The van der Waals surface area contributed by atoms with Gasteiger partial charge in [0, 0.05) is 20.5 Å². The van der Waals surface area contributed by atoms with Gasteiger partial charge in [-0.3, -0.25) is 4.79 Å². The van der Waals surface area contributed by atoms with Gasteiger partial charge in [0.1, 0.15) is 5.75 Å². The highest BCUT2D eigenvalue weighted by atomic mass is 79.9. The first kappa shape index (κ1) is 11.4. The molecule has 0 fully saturated rings. The molecule has 0 saturated heterocycles. The van der Waals surface area contributed by atoms with Gasteiger partial charge < -0.3 is 4.74 Å². The van der Waals surface area contributed by atoms with E-state index in [1.54, 1.807) is 24.5 Å². The molecular weight excluding hydrogens is 288 g/mol. The van der Waals surface area contributed by atoms with Gasteiger partial charge in [0.15, 0.2) is 6.29 Å². The Hall–Kier alpha value is -1.13. The van der Waals surface area contributed by atoms with E-state index < -0.39 is 0 Å². The Morgan fingerprint density at radius 3 is 2.75 bits per heavy atom. The first-order valence-corrected chi connectivity index (χ1v) is 6.30. The summed E-state index contributed by atoms with van der Waals surface area (Å²) < 4.78 is 6.10. The van der Waals surface area contributed by atoms with Crippen LogP contribution >= 0.6 is 27.3 Å². The van der Waals surface area contributed by atoms with Crippen LogP contribution in [0.1, 0.15) is 10.4 Å². The monoisotopic (exact) mass is 296 g/mol. The van der Waals surface area contributed by atoms with Crippen molar-refractivity contribution < 1.29 is 9.53 Å². The molecule has 16 heavy (non-hydrogen) atoms. The zero-order valence-electron chi connectivity index (χ0n) is 8.57. The first-order chi connectivity index (χ1) is 7.76. The first-order valence-electron chi connectivity index (χ1n) is 4.63. The number of hydrogen-bond donors (Lipinski definition) is 0. The average molecular weight is 297 g/mol. The molecule has 0 N–H and O–H groups in total. The van der Waals surface area contributed by atoms with Crippen molar-refractivity contribution in [3.05, 3.63) is 39.7 Å². The Balaban J connectivity index is 2.57. The van der Waals surface area contributed by atoms with Crippen LogP contribution < -0.4 is 4.74 Å². The largest absolute Gasteiger partial charge is 0.497 e. The van der Waals surface area contributed by atoms with Crippen molar-refractivity contribution in [3.8, 4) is 16.2 Å². The zero-order valence-corrected chi connectivity index (χ0v) is 11.0. The smallest absolute Gasteiger partial charge is 0.150 e. The molecule has 0 atom stereocenters. The molecule has 0 radical (unpaired) electrons.